The van der Waals surface area contributed by atoms with Crippen molar-refractivity contribution < 1.29 is 5.11 Å². The molecule has 1 fully saturated rings. The second-order valence-electron chi connectivity index (χ2n) is 5.18. The molecule has 1 aliphatic rings. The maximum atomic E-state index is 10.4. The molecule has 0 aromatic heterocycles. The average Bonchev–Trinajstić information content (AvgIpc) is 2.07. The Bertz CT molecular complexity index is 153. The summed E-state index contributed by atoms with van der Waals surface area (Å²) in [6, 6.07) is 0. The Morgan fingerprint density at radius 1 is 1.38 bits per heavy atom. The highest BCUT2D eigenvalue weighted by molar-refractivity contribution is 4.87. The van der Waals surface area contributed by atoms with Crippen LogP contribution in [0.4, 0.5) is 0 Å². The molecule has 1 nitrogen and oxygen atoms in total. The van der Waals surface area contributed by atoms with Gasteiger partial charge in [0, 0.05) is 0 Å². The lowest BCUT2D eigenvalue weighted by Gasteiger charge is -2.38. The van der Waals surface area contributed by atoms with Gasteiger partial charge in [0.05, 0.1) is 5.60 Å². The van der Waals surface area contributed by atoms with Gasteiger partial charge in [-0.25, -0.2) is 0 Å². The smallest absolute Gasteiger partial charge is 0.0673 e. The number of rotatable bonds is 3. The fraction of sp³-hybridized carbons (Fsp3) is 1.00. The Balaban J connectivity index is 2.42. The minimum atomic E-state index is -0.331. The molecule has 0 aromatic carbocycles. The van der Waals surface area contributed by atoms with E-state index in [1.165, 1.54) is 25.7 Å². The van der Waals surface area contributed by atoms with Crippen LogP contribution in [0.15, 0.2) is 0 Å². The van der Waals surface area contributed by atoms with Crippen molar-refractivity contribution in [1.29, 1.82) is 0 Å². The number of aliphatic hydroxyl groups is 1. The van der Waals surface area contributed by atoms with E-state index in [9.17, 15) is 5.11 Å². The first-order chi connectivity index (χ1) is 6.04. The summed E-state index contributed by atoms with van der Waals surface area (Å²) in [5.41, 5.74) is -0.331. The third-order valence-corrected chi connectivity index (χ3v) is 3.57. The molecule has 1 rings (SSSR count). The fourth-order valence-corrected chi connectivity index (χ4v) is 2.31. The third-order valence-electron chi connectivity index (χ3n) is 3.57. The fourth-order valence-electron chi connectivity index (χ4n) is 2.31. The topological polar surface area (TPSA) is 20.2 Å². The van der Waals surface area contributed by atoms with Crippen molar-refractivity contribution in [3.8, 4) is 0 Å². The molecule has 1 N–H and O–H groups in total. The van der Waals surface area contributed by atoms with Gasteiger partial charge in [-0.3, -0.25) is 0 Å². The Morgan fingerprint density at radius 2 is 2.08 bits per heavy atom. The van der Waals surface area contributed by atoms with Gasteiger partial charge in [-0.15, -0.1) is 0 Å². The lowest BCUT2D eigenvalue weighted by atomic mass is 9.73. The van der Waals surface area contributed by atoms with Crippen molar-refractivity contribution in [3.63, 3.8) is 0 Å². The van der Waals surface area contributed by atoms with Crippen LogP contribution >= 0.6 is 0 Å². The first kappa shape index (κ1) is 11.0. The van der Waals surface area contributed by atoms with Crippen LogP contribution in [0, 0.1) is 11.8 Å². The summed E-state index contributed by atoms with van der Waals surface area (Å²) in [6.45, 7) is 6.67. The molecule has 0 radical (unpaired) electrons. The molecule has 0 spiro atoms. The van der Waals surface area contributed by atoms with Crippen LogP contribution < -0.4 is 0 Å². The van der Waals surface area contributed by atoms with Crippen LogP contribution in [-0.4, -0.2) is 10.7 Å². The summed E-state index contributed by atoms with van der Waals surface area (Å²) in [5.74, 6) is 1.23. The summed E-state index contributed by atoms with van der Waals surface area (Å²) in [4.78, 5) is 0. The van der Waals surface area contributed by atoms with Gasteiger partial charge >= 0.3 is 0 Å². The minimum absolute atomic E-state index is 0.331. The Labute approximate surface area is 82.5 Å². The summed E-state index contributed by atoms with van der Waals surface area (Å²) in [7, 11) is 0. The van der Waals surface area contributed by atoms with E-state index in [0.717, 1.165) is 18.8 Å². The van der Waals surface area contributed by atoms with Crippen molar-refractivity contribution in [1.82, 2.24) is 0 Å². The molecule has 0 bridgehead atoms. The van der Waals surface area contributed by atoms with E-state index in [1.54, 1.807) is 0 Å². The summed E-state index contributed by atoms with van der Waals surface area (Å²) < 4.78 is 0. The van der Waals surface area contributed by atoms with E-state index in [-0.39, 0.29) is 5.60 Å². The molecular formula is C12H24O. The Hall–Kier alpha value is -0.0400. The number of hydrogen-bond acceptors (Lipinski definition) is 1. The minimum Gasteiger partial charge on any atom is -0.390 e. The van der Waals surface area contributed by atoms with Gasteiger partial charge in [-0.05, 0) is 37.5 Å². The molecule has 2 atom stereocenters. The van der Waals surface area contributed by atoms with Crippen LogP contribution in [0.2, 0.25) is 0 Å². The monoisotopic (exact) mass is 184 g/mol. The molecule has 1 saturated carbocycles. The predicted octanol–water partition coefficient (Wildman–Crippen LogP) is 3.36. The molecule has 0 amide bonds. The zero-order valence-electron chi connectivity index (χ0n) is 9.34. The van der Waals surface area contributed by atoms with E-state index in [0.29, 0.717) is 5.92 Å². The van der Waals surface area contributed by atoms with Crippen molar-refractivity contribution >= 4 is 0 Å². The molecule has 0 saturated heterocycles. The first-order valence-electron chi connectivity index (χ1n) is 5.77. The van der Waals surface area contributed by atoms with E-state index >= 15 is 0 Å². The average molecular weight is 184 g/mol. The quantitative estimate of drug-likeness (QED) is 0.713. The lowest BCUT2D eigenvalue weighted by molar-refractivity contribution is -0.0512. The summed E-state index contributed by atoms with van der Waals surface area (Å²) >= 11 is 0. The van der Waals surface area contributed by atoms with Gasteiger partial charge in [0.1, 0.15) is 0 Å². The van der Waals surface area contributed by atoms with Gasteiger partial charge in [-0.1, -0.05) is 33.6 Å². The first-order valence-corrected chi connectivity index (χ1v) is 5.77. The van der Waals surface area contributed by atoms with Crippen molar-refractivity contribution in [2.75, 3.05) is 0 Å². The zero-order chi connectivity index (χ0) is 9.90. The molecular weight excluding hydrogens is 160 g/mol. The van der Waals surface area contributed by atoms with Crippen LogP contribution in [0.1, 0.15) is 59.3 Å². The van der Waals surface area contributed by atoms with Crippen LogP contribution in [0.5, 0.6) is 0 Å². The van der Waals surface area contributed by atoms with E-state index in [4.69, 9.17) is 0 Å². The Morgan fingerprint density at radius 3 is 2.62 bits per heavy atom. The van der Waals surface area contributed by atoms with Gasteiger partial charge in [0.2, 0.25) is 0 Å². The Kier molecular flexibility index (Phi) is 3.78. The zero-order valence-corrected chi connectivity index (χ0v) is 9.34. The molecule has 0 aliphatic heterocycles. The molecule has 1 heteroatoms. The standard InChI is InChI=1S/C12H24O/c1-10(2)7-9-12(13)8-5-4-6-11(12)3/h10-11,13H,4-9H2,1-3H3. The molecule has 0 aromatic rings. The molecule has 78 valence electrons. The van der Waals surface area contributed by atoms with Crippen molar-refractivity contribution in [2.45, 2.75) is 64.9 Å². The van der Waals surface area contributed by atoms with Crippen LogP contribution in [0.25, 0.3) is 0 Å². The third kappa shape index (κ3) is 2.98. The van der Waals surface area contributed by atoms with Gasteiger partial charge < -0.3 is 5.11 Å². The normalized spacial score (nSPS) is 35.3. The molecule has 13 heavy (non-hydrogen) atoms. The van der Waals surface area contributed by atoms with E-state index < -0.39 is 0 Å². The SMILES string of the molecule is CC(C)CCC1(O)CCCCC1C. The predicted molar refractivity (Wildman–Crippen MR) is 56.7 cm³/mol. The van der Waals surface area contributed by atoms with Crippen molar-refractivity contribution in [3.05, 3.63) is 0 Å². The summed E-state index contributed by atoms with van der Waals surface area (Å²) in [6.07, 6.45) is 6.95. The maximum absolute atomic E-state index is 10.4. The summed E-state index contributed by atoms with van der Waals surface area (Å²) in [5, 5.41) is 10.4. The van der Waals surface area contributed by atoms with E-state index in [1.807, 2.05) is 0 Å². The molecule has 0 heterocycles. The maximum Gasteiger partial charge on any atom is 0.0673 e. The highest BCUT2D eigenvalue weighted by Gasteiger charge is 2.35. The van der Waals surface area contributed by atoms with Gasteiger partial charge in [0.15, 0.2) is 0 Å². The lowest BCUT2D eigenvalue weighted by Crippen LogP contribution is -2.39. The highest BCUT2D eigenvalue weighted by atomic mass is 16.3. The van der Waals surface area contributed by atoms with Crippen LogP contribution in [0.3, 0.4) is 0 Å². The number of hydrogen-bond donors (Lipinski definition) is 1. The highest BCUT2D eigenvalue weighted by Crippen LogP contribution is 2.37. The van der Waals surface area contributed by atoms with Gasteiger partial charge in [0.25, 0.3) is 0 Å². The largest absolute Gasteiger partial charge is 0.390 e. The van der Waals surface area contributed by atoms with E-state index in [2.05, 4.69) is 20.8 Å². The van der Waals surface area contributed by atoms with Crippen LogP contribution in [-0.2, 0) is 0 Å². The van der Waals surface area contributed by atoms with Gasteiger partial charge in [-0.2, -0.15) is 0 Å². The second kappa shape index (κ2) is 4.45. The molecule has 1 aliphatic carbocycles. The molecule has 2 unspecified atom stereocenters. The van der Waals surface area contributed by atoms with Crippen molar-refractivity contribution in [2.24, 2.45) is 11.8 Å². The second-order valence-corrected chi connectivity index (χ2v) is 5.18.